The fourth-order valence-electron chi connectivity index (χ4n) is 3.90. The summed E-state index contributed by atoms with van der Waals surface area (Å²) < 4.78 is 0. The molecule has 1 saturated heterocycles. The van der Waals surface area contributed by atoms with Gasteiger partial charge in [-0.3, -0.25) is 19.4 Å². The van der Waals surface area contributed by atoms with E-state index in [9.17, 15) is 14.4 Å². The summed E-state index contributed by atoms with van der Waals surface area (Å²) in [7, 11) is 2.84. The number of hydrogen-bond acceptors (Lipinski definition) is 3. The van der Waals surface area contributed by atoms with Crippen molar-refractivity contribution in [3.63, 3.8) is 0 Å². The molecule has 6 heteroatoms. The second-order valence-corrected chi connectivity index (χ2v) is 7.23. The van der Waals surface area contributed by atoms with Crippen LogP contribution in [0.1, 0.15) is 22.6 Å². The van der Waals surface area contributed by atoms with Gasteiger partial charge in [0.15, 0.2) is 0 Å². The van der Waals surface area contributed by atoms with Gasteiger partial charge in [-0.1, -0.05) is 48.0 Å². The van der Waals surface area contributed by atoms with E-state index < -0.39 is 29.7 Å². The van der Waals surface area contributed by atoms with E-state index in [0.717, 1.165) is 37.4 Å². The van der Waals surface area contributed by atoms with E-state index in [1.807, 2.05) is 61.7 Å². The van der Waals surface area contributed by atoms with E-state index in [1.54, 1.807) is 0 Å². The number of rotatable bonds is 3. The van der Waals surface area contributed by atoms with Crippen molar-refractivity contribution in [2.45, 2.75) is 12.8 Å². The number of aromatic amines is 1. The molecule has 1 aromatic heterocycles. The van der Waals surface area contributed by atoms with Crippen molar-refractivity contribution in [1.29, 1.82) is 0 Å². The molecule has 1 unspecified atom stereocenters. The Labute approximate surface area is 162 Å². The van der Waals surface area contributed by atoms with Crippen molar-refractivity contribution in [1.82, 2.24) is 14.8 Å². The number of benzene rings is 2. The van der Waals surface area contributed by atoms with Gasteiger partial charge >= 0.3 is 6.03 Å². The Morgan fingerprint density at radius 2 is 1.50 bits per heavy atom. The molecule has 0 radical (unpaired) electrons. The summed E-state index contributed by atoms with van der Waals surface area (Å²) in [6.07, 6.45) is 1.85. The maximum absolute atomic E-state index is 13.1. The Morgan fingerprint density at radius 1 is 0.893 bits per heavy atom. The van der Waals surface area contributed by atoms with Gasteiger partial charge < -0.3 is 4.98 Å². The van der Waals surface area contributed by atoms with Gasteiger partial charge in [0, 0.05) is 37.1 Å². The van der Waals surface area contributed by atoms with Crippen molar-refractivity contribution in [2.24, 2.45) is 5.92 Å². The number of carbonyl (C=O) groups is 3. The normalized spacial score (nSPS) is 16.9. The van der Waals surface area contributed by atoms with Gasteiger partial charge in [0.2, 0.25) is 11.8 Å². The van der Waals surface area contributed by atoms with Gasteiger partial charge in [0.25, 0.3) is 0 Å². The summed E-state index contributed by atoms with van der Waals surface area (Å²) in [6, 6.07) is 15.0. The van der Waals surface area contributed by atoms with Gasteiger partial charge in [-0.05, 0) is 24.1 Å². The van der Waals surface area contributed by atoms with Crippen LogP contribution < -0.4 is 0 Å². The molecule has 0 spiro atoms. The molecule has 1 atom stereocenters. The Morgan fingerprint density at radius 3 is 2.14 bits per heavy atom. The molecule has 142 valence electrons. The fourth-order valence-corrected chi connectivity index (χ4v) is 3.90. The maximum Gasteiger partial charge on any atom is 0.332 e. The van der Waals surface area contributed by atoms with Gasteiger partial charge in [0.1, 0.15) is 5.92 Å². The van der Waals surface area contributed by atoms with Crippen LogP contribution in [0.3, 0.4) is 0 Å². The zero-order valence-corrected chi connectivity index (χ0v) is 16.0. The standard InChI is InChI=1S/C22H21N3O3/c1-13-8-10-14(11-9-13)18(16-12-23-17-7-5-4-6-15(16)17)19-20(26)24(2)22(28)25(3)21(19)27/h4-12,18-19,23H,1-3H3. The lowest BCUT2D eigenvalue weighted by Crippen LogP contribution is -2.58. The lowest BCUT2D eigenvalue weighted by molar-refractivity contribution is -0.148. The number of H-pyrrole nitrogens is 1. The first-order chi connectivity index (χ1) is 13.4. The molecule has 1 aliphatic rings. The lowest BCUT2D eigenvalue weighted by Gasteiger charge is -2.36. The van der Waals surface area contributed by atoms with Gasteiger partial charge in [-0.2, -0.15) is 0 Å². The van der Waals surface area contributed by atoms with E-state index in [0.29, 0.717) is 0 Å². The van der Waals surface area contributed by atoms with E-state index in [4.69, 9.17) is 0 Å². The molecule has 1 aliphatic heterocycles. The molecule has 4 rings (SSSR count). The van der Waals surface area contributed by atoms with E-state index in [2.05, 4.69) is 4.98 Å². The first-order valence-corrected chi connectivity index (χ1v) is 9.12. The number of aryl methyl sites for hydroxylation is 1. The number of urea groups is 1. The minimum Gasteiger partial charge on any atom is -0.361 e. The Hall–Kier alpha value is -3.41. The van der Waals surface area contributed by atoms with Crippen LogP contribution in [0.2, 0.25) is 0 Å². The van der Waals surface area contributed by atoms with Crippen LogP contribution >= 0.6 is 0 Å². The highest BCUT2D eigenvalue weighted by atomic mass is 16.2. The maximum atomic E-state index is 13.1. The molecular weight excluding hydrogens is 354 g/mol. The van der Waals surface area contributed by atoms with Crippen LogP contribution in [-0.4, -0.2) is 46.7 Å². The summed E-state index contributed by atoms with van der Waals surface area (Å²) >= 11 is 0. The third-order valence-corrected chi connectivity index (χ3v) is 5.49. The van der Waals surface area contributed by atoms with Crippen molar-refractivity contribution in [3.05, 3.63) is 71.4 Å². The smallest absolute Gasteiger partial charge is 0.332 e. The summed E-state index contributed by atoms with van der Waals surface area (Å²) in [5.41, 5.74) is 3.75. The van der Waals surface area contributed by atoms with Crippen molar-refractivity contribution < 1.29 is 14.4 Å². The minimum absolute atomic E-state index is 0.482. The zero-order valence-electron chi connectivity index (χ0n) is 16.0. The molecule has 4 amide bonds. The van der Waals surface area contributed by atoms with E-state index in [1.165, 1.54) is 14.1 Å². The molecule has 1 N–H and O–H groups in total. The van der Waals surface area contributed by atoms with Crippen molar-refractivity contribution >= 4 is 28.7 Å². The summed E-state index contributed by atoms with van der Waals surface area (Å²) in [5, 5.41) is 0.955. The molecule has 0 bridgehead atoms. The molecular formula is C22H21N3O3. The average molecular weight is 375 g/mol. The fraction of sp³-hybridized carbons (Fsp3) is 0.227. The molecule has 28 heavy (non-hydrogen) atoms. The zero-order chi connectivity index (χ0) is 20.0. The SMILES string of the molecule is Cc1ccc(C(c2c[nH]c3ccccc23)C2C(=O)N(C)C(=O)N(C)C2=O)cc1. The van der Waals surface area contributed by atoms with Crippen LogP contribution in [0.4, 0.5) is 4.79 Å². The largest absolute Gasteiger partial charge is 0.361 e. The second-order valence-electron chi connectivity index (χ2n) is 7.23. The number of nitrogens with one attached hydrogen (secondary N) is 1. The minimum atomic E-state index is -1.00. The highest BCUT2D eigenvalue weighted by molar-refractivity contribution is 6.16. The number of imide groups is 2. The molecule has 3 aromatic rings. The topological polar surface area (TPSA) is 73.5 Å². The Balaban J connectivity index is 1.93. The number of carbonyl (C=O) groups excluding carboxylic acids is 3. The Kier molecular flexibility index (Phi) is 4.26. The molecule has 1 fully saturated rings. The third kappa shape index (κ3) is 2.69. The molecule has 0 aliphatic carbocycles. The van der Waals surface area contributed by atoms with Crippen molar-refractivity contribution in [3.8, 4) is 0 Å². The first-order valence-electron chi connectivity index (χ1n) is 9.12. The Bertz CT molecular complexity index is 1060. The summed E-state index contributed by atoms with van der Waals surface area (Å²) in [5.74, 6) is -2.47. The van der Waals surface area contributed by atoms with E-state index >= 15 is 0 Å². The predicted molar refractivity (Wildman–Crippen MR) is 106 cm³/mol. The predicted octanol–water partition coefficient (Wildman–Crippen LogP) is 3.27. The number of para-hydroxylation sites is 1. The molecule has 2 heterocycles. The molecule has 0 saturated carbocycles. The monoisotopic (exact) mass is 375 g/mol. The number of hydrogen-bond donors (Lipinski definition) is 1. The number of nitrogens with zero attached hydrogens (tertiary/aromatic N) is 2. The van der Waals surface area contributed by atoms with Crippen LogP contribution in [0.15, 0.2) is 54.7 Å². The first kappa shape index (κ1) is 18.0. The van der Waals surface area contributed by atoms with Gasteiger partial charge in [0.05, 0.1) is 0 Å². The van der Waals surface area contributed by atoms with E-state index in [-0.39, 0.29) is 0 Å². The molecule has 6 nitrogen and oxygen atoms in total. The number of fused-ring (bicyclic) bond motifs is 1. The lowest BCUT2D eigenvalue weighted by atomic mass is 9.78. The van der Waals surface area contributed by atoms with Crippen LogP contribution in [0.5, 0.6) is 0 Å². The number of barbiturate groups is 1. The second kappa shape index (κ2) is 6.64. The van der Waals surface area contributed by atoms with Crippen molar-refractivity contribution in [2.75, 3.05) is 14.1 Å². The highest BCUT2D eigenvalue weighted by Crippen LogP contribution is 2.39. The van der Waals surface area contributed by atoms with Gasteiger partial charge in [-0.15, -0.1) is 0 Å². The molecule has 2 aromatic carbocycles. The highest BCUT2D eigenvalue weighted by Gasteiger charge is 2.47. The van der Waals surface area contributed by atoms with Gasteiger partial charge in [-0.25, -0.2) is 4.79 Å². The van der Waals surface area contributed by atoms with Crippen LogP contribution in [-0.2, 0) is 9.59 Å². The van der Waals surface area contributed by atoms with Crippen LogP contribution in [0, 0.1) is 12.8 Å². The summed E-state index contributed by atoms with van der Waals surface area (Å²) in [6.45, 7) is 1.99. The third-order valence-electron chi connectivity index (χ3n) is 5.49. The number of amides is 4. The number of aromatic nitrogens is 1. The average Bonchev–Trinajstić information content (AvgIpc) is 3.13. The van der Waals surface area contributed by atoms with Crippen LogP contribution in [0.25, 0.3) is 10.9 Å². The summed E-state index contributed by atoms with van der Waals surface area (Å²) in [4.78, 5) is 43.6. The quantitative estimate of drug-likeness (QED) is 0.714.